The van der Waals surface area contributed by atoms with E-state index >= 15 is 0 Å². The van der Waals surface area contributed by atoms with Gasteiger partial charge in [-0.2, -0.15) is 0 Å². The van der Waals surface area contributed by atoms with Crippen LogP contribution in [0.4, 0.5) is 0 Å². The van der Waals surface area contributed by atoms with Crippen LogP contribution in [0.15, 0.2) is 47.6 Å². The summed E-state index contributed by atoms with van der Waals surface area (Å²) in [5.74, 6) is -0.947. The molecular weight excluding hydrogens is 302 g/mol. The summed E-state index contributed by atoms with van der Waals surface area (Å²) in [6.45, 7) is 8.57. The van der Waals surface area contributed by atoms with Crippen molar-refractivity contribution in [2.75, 3.05) is 7.11 Å². The number of carbonyl (C=O) groups is 1. The Morgan fingerprint density at radius 1 is 1.04 bits per heavy atom. The number of benzene rings is 2. The second-order valence-corrected chi connectivity index (χ2v) is 6.78. The van der Waals surface area contributed by atoms with Gasteiger partial charge in [0.25, 0.3) is 0 Å². The van der Waals surface area contributed by atoms with E-state index in [-0.39, 0.29) is 11.0 Å². The van der Waals surface area contributed by atoms with Gasteiger partial charge in [-0.1, -0.05) is 56.3 Å². The van der Waals surface area contributed by atoms with Crippen molar-refractivity contribution >= 4 is 11.7 Å². The quantitative estimate of drug-likeness (QED) is 0.670. The topological polar surface area (TPSA) is 58.9 Å². The fraction of sp³-hybridized carbons (Fsp3) is 0.300. The van der Waals surface area contributed by atoms with Gasteiger partial charge in [0, 0.05) is 11.1 Å². The van der Waals surface area contributed by atoms with Crippen molar-refractivity contribution in [1.82, 2.24) is 0 Å². The molecule has 0 saturated heterocycles. The Hall–Kier alpha value is -2.62. The number of carboxylic acid groups (broad SMARTS) is 1. The van der Waals surface area contributed by atoms with Crippen molar-refractivity contribution in [3.63, 3.8) is 0 Å². The predicted octanol–water partition coefficient (Wildman–Crippen LogP) is 4.39. The van der Waals surface area contributed by atoms with Crippen molar-refractivity contribution in [2.45, 2.75) is 33.1 Å². The van der Waals surface area contributed by atoms with Crippen molar-refractivity contribution in [3.05, 3.63) is 70.3 Å². The second-order valence-electron chi connectivity index (χ2n) is 6.78. The molecule has 126 valence electrons. The summed E-state index contributed by atoms with van der Waals surface area (Å²) >= 11 is 0. The Kier molecular flexibility index (Phi) is 5.07. The Morgan fingerprint density at radius 2 is 1.62 bits per heavy atom. The van der Waals surface area contributed by atoms with Gasteiger partial charge in [0.05, 0.1) is 5.56 Å². The highest BCUT2D eigenvalue weighted by atomic mass is 16.6. The Morgan fingerprint density at radius 3 is 2.08 bits per heavy atom. The van der Waals surface area contributed by atoms with E-state index in [4.69, 9.17) is 9.94 Å². The number of oxime groups is 1. The summed E-state index contributed by atoms with van der Waals surface area (Å²) in [5, 5.41) is 13.2. The normalized spacial score (nSPS) is 12.1. The molecule has 0 aliphatic carbocycles. The lowest BCUT2D eigenvalue weighted by Crippen LogP contribution is -2.13. The standard InChI is InChI=1S/C20H23NO3/c1-13-12-16(20(2,3)4)10-11-17(13)18(21-24-5)14-6-8-15(9-7-14)19(22)23/h6-12H,1-5H3,(H,22,23)/b21-18+. The average Bonchev–Trinajstić information content (AvgIpc) is 2.52. The predicted molar refractivity (Wildman–Crippen MR) is 95.9 cm³/mol. The van der Waals surface area contributed by atoms with Crippen LogP contribution in [0.1, 0.15) is 53.4 Å². The first-order chi connectivity index (χ1) is 11.2. The number of hydrogen-bond donors (Lipinski definition) is 1. The molecule has 0 unspecified atom stereocenters. The molecular formula is C20H23NO3. The van der Waals surface area contributed by atoms with Crippen LogP contribution in [-0.2, 0) is 10.3 Å². The zero-order valence-corrected chi connectivity index (χ0v) is 14.8. The Labute approximate surface area is 142 Å². The fourth-order valence-corrected chi connectivity index (χ4v) is 2.52. The monoisotopic (exact) mass is 325 g/mol. The molecule has 0 radical (unpaired) electrons. The molecule has 4 nitrogen and oxygen atoms in total. The zero-order valence-electron chi connectivity index (χ0n) is 14.8. The SMILES string of the molecule is CO/N=C(\c1ccc(C(=O)O)cc1)c1ccc(C(C)(C)C)cc1C. The molecule has 2 aromatic carbocycles. The molecule has 0 fully saturated rings. The molecule has 4 heteroatoms. The first-order valence-electron chi connectivity index (χ1n) is 7.80. The number of carboxylic acids is 1. The molecule has 1 N–H and O–H groups in total. The van der Waals surface area contributed by atoms with Crippen molar-refractivity contribution in [1.29, 1.82) is 0 Å². The summed E-state index contributed by atoms with van der Waals surface area (Å²) in [7, 11) is 1.50. The third-order valence-corrected chi connectivity index (χ3v) is 3.94. The number of rotatable bonds is 4. The molecule has 0 bridgehead atoms. The summed E-state index contributed by atoms with van der Waals surface area (Å²) < 4.78 is 0. The van der Waals surface area contributed by atoms with E-state index < -0.39 is 5.97 Å². The van der Waals surface area contributed by atoms with E-state index in [1.165, 1.54) is 12.7 Å². The summed E-state index contributed by atoms with van der Waals surface area (Å²) in [6, 6.07) is 12.9. The maximum atomic E-state index is 11.0. The van der Waals surface area contributed by atoms with Crippen LogP contribution < -0.4 is 0 Å². The van der Waals surface area contributed by atoms with Crippen LogP contribution in [0, 0.1) is 6.92 Å². The molecule has 0 amide bonds. The Balaban J connectivity index is 2.49. The van der Waals surface area contributed by atoms with E-state index in [1.54, 1.807) is 24.3 Å². The minimum Gasteiger partial charge on any atom is -0.478 e. The lowest BCUT2D eigenvalue weighted by atomic mass is 9.84. The molecule has 0 spiro atoms. The molecule has 0 aliphatic heterocycles. The number of aryl methyl sites for hydroxylation is 1. The smallest absolute Gasteiger partial charge is 0.335 e. The van der Waals surface area contributed by atoms with E-state index in [0.29, 0.717) is 5.71 Å². The van der Waals surface area contributed by atoms with Gasteiger partial charge in [-0.3, -0.25) is 0 Å². The first-order valence-corrected chi connectivity index (χ1v) is 7.80. The van der Waals surface area contributed by atoms with Crippen molar-refractivity contribution < 1.29 is 14.7 Å². The van der Waals surface area contributed by atoms with Crippen LogP contribution in [0.3, 0.4) is 0 Å². The van der Waals surface area contributed by atoms with Gasteiger partial charge in [-0.25, -0.2) is 4.79 Å². The molecule has 0 aliphatic rings. The van der Waals surface area contributed by atoms with Gasteiger partial charge >= 0.3 is 5.97 Å². The van der Waals surface area contributed by atoms with E-state index in [1.807, 2.05) is 13.0 Å². The van der Waals surface area contributed by atoms with Gasteiger partial charge < -0.3 is 9.94 Å². The van der Waals surface area contributed by atoms with Crippen molar-refractivity contribution in [2.24, 2.45) is 5.16 Å². The van der Waals surface area contributed by atoms with Gasteiger partial charge in [0.15, 0.2) is 0 Å². The van der Waals surface area contributed by atoms with Crippen LogP contribution in [0.5, 0.6) is 0 Å². The third-order valence-electron chi connectivity index (χ3n) is 3.94. The third kappa shape index (κ3) is 3.82. The maximum Gasteiger partial charge on any atom is 0.335 e. The highest BCUT2D eigenvalue weighted by Crippen LogP contribution is 2.26. The second kappa shape index (κ2) is 6.87. The minimum absolute atomic E-state index is 0.0744. The molecule has 0 atom stereocenters. The molecule has 0 saturated carbocycles. The van der Waals surface area contributed by atoms with Gasteiger partial charge in [0.1, 0.15) is 12.8 Å². The lowest BCUT2D eigenvalue weighted by Gasteiger charge is -2.21. The van der Waals surface area contributed by atoms with Gasteiger partial charge in [-0.15, -0.1) is 0 Å². The molecule has 24 heavy (non-hydrogen) atoms. The average molecular weight is 325 g/mol. The highest BCUT2D eigenvalue weighted by molar-refractivity contribution is 6.13. The maximum absolute atomic E-state index is 11.0. The fourth-order valence-electron chi connectivity index (χ4n) is 2.52. The van der Waals surface area contributed by atoms with Gasteiger partial charge in [0.2, 0.25) is 0 Å². The van der Waals surface area contributed by atoms with Crippen LogP contribution in [-0.4, -0.2) is 23.9 Å². The Bertz CT molecular complexity index is 768. The summed E-state index contributed by atoms with van der Waals surface area (Å²) in [5.41, 5.74) is 5.14. The van der Waals surface area contributed by atoms with E-state index in [2.05, 4.69) is 38.1 Å². The summed E-state index contributed by atoms with van der Waals surface area (Å²) in [6.07, 6.45) is 0. The van der Waals surface area contributed by atoms with E-state index in [0.717, 1.165) is 16.7 Å². The van der Waals surface area contributed by atoms with Crippen LogP contribution >= 0.6 is 0 Å². The zero-order chi connectivity index (χ0) is 17.9. The lowest BCUT2D eigenvalue weighted by molar-refractivity contribution is 0.0697. The van der Waals surface area contributed by atoms with E-state index in [9.17, 15) is 4.79 Å². The molecule has 2 aromatic rings. The van der Waals surface area contributed by atoms with Crippen molar-refractivity contribution in [3.8, 4) is 0 Å². The molecule has 0 heterocycles. The molecule has 2 rings (SSSR count). The number of nitrogens with zero attached hydrogens (tertiary/aromatic N) is 1. The highest BCUT2D eigenvalue weighted by Gasteiger charge is 2.17. The van der Waals surface area contributed by atoms with Crippen LogP contribution in [0.25, 0.3) is 0 Å². The number of aromatic carboxylic acids is 1. The summed E-state index contributed by atoms with van der Waals surface area (Å²) in [4.78, 5) is 16.0. The largest absolute Gasteiger partial charge is 0.478 e. The van der Waals surface area contributed by atoms with Crippen LogP contribution in [0.2, 0.25) is 0 Å². The first kappa shape index (κ1) is 17.7. The minimum atomic E-state index is -0.947. The number of hydrogen-bond acceptors (Lipinski definition) is 3. The molecule has 0 aromatic heterocycles. The van der Waals surface area contributed by atoms with Gasteiger partial charge in [-0.05, 0) is 35.6 Å².